The van der Waals surface area contributed by atoms with Crippen LogP contribution in [0.15, 0.2) is 152 Å². The molecule has 6 aromatic carbocycles. The van der Waals surface area contributed by atoms with E-state index < -0.39 is 0 Å². The number of benzene rings is 6. The van der Waals surface area contributed by atoms with Crippen molar-refractivity contribution >= 4 is 10.8 Å². The maximum atomic E-state index is 4.73. The molecule has 0 N–H and O–H groups in total. The zero-order chi connectivity index (χ0) is 26.9. The van der Waals surface area contributed by atoms with Gasteiger partial charge in [-0.1, -0.05) is 133 Å². The minimum atomic E-state index is 1.11. The van der Waals surface area contributed by atoms with E-state index in [1.54, 1.807) is 0 Å². The van der Waals surface area contributed by atoms with Crippen LogP contribution in [0.1, 0.15) is 5.56 Å². The Bertz CT molecular complexity index is 1910. The molecule has 40 heavy (non-hydrogen) atoms. The lowest BCUT2D eigenvalue weighted by atomic mass is 9.78. The normalized spacial score (nSPS) is 11.1. The van der Waals surface area contributed by atoms with Gasteiger partial charge < -0.3 is 0 Å². The van der Waals surface area contributed by atoms with Crippen LogP contribution in [0.3, 0.4) is 0 Å². The van der Waals surface area contributed by atoms with E-state index in [-0.39, 0.29) is 0 Å². The van der Waals surface area contributed by atoms with Crippen LogP contribution in [-0.2, 0) is 0 Å². The largest absolute Gasteiger partial charge is 0.240 e. The van der Waals surface area contributed by atoms with Crippen molar-refractivity contribution in [3.8, 4) is 50.2 Å². The topological polar surface area (TPSA) is 17.8 Å². The van der Waals surface area contributed by atoms with E-state index in [0.717, 1.165) is 5.69 Å². The molecule has 7 aromatic rings. The lowest BCUT2D eigenvalue weighted by Gasteiger charge is -2.26. The highest BCUT2D eigenvalue weighted by atomic mass is 15.3. The van der Waals surface area contributed by atoms with Gasteiger partial charge in [0.05, 0.1) is 5.69 Å². The minimum absolute atomic E-state index is 1.11. The fourth-order valence-electron chi connectivity index (χ4n) is 5.95. The number of hydrogen-bond donors (Lipinski definition) is 0. The Morgan fingerprint density at radius 2 is 0.900 bits per heavy atom. The smallest absolute Gasteiger partial charge is 0.0759 e. The van der Waals surface area contributed by atoms with Gasteiger partial charge in [0.15, 0.2) is 0 Å². The molecule has 190 valence electrons. The van der Waals surface area contributed by atoms with Crippen molar-refractivity contribution in [2.45, 2.75) is 6.92 Å². The Morgan fingerprint density at radius 1 is 0.450 bits per heavy atom. The summed E-state index contributed by atoms with van der Waals surface area (Å²) < 4.78 is 2.02. The summed E-state index contributed by atoms with van der Waals surface area (Å²) in [6.45, 7) is 2.18. The molecule has 0 radical (unpaired) electrons. The molecule has 0 aliphatic rings. The van der Waals surface area contributed by atoms with E-state index in [9.17, 15) is 0 Å². The van der Waals surface area contributed by atoms with Crippen LogP contribution in [0.4, 0.5) is 0 Å². The summed E-state index contributed by atoms with van der Waals surface area (Å²) in [6.07, 6.45) is 3.90. The zero-order valence-corrected chi connectivity index (χ0v) is 22.3. The fraction of sp³-hybridized carbons (Fsp3) is 0.0263. The van der Waals surface area contributed by atoms with Crippen LogP contribution in [0, 0.1) is 6.92 Å². The van der Waals surface area contributed by atoms with Crippen LogP contribution in [0.5, 0.6) is 0 Å². The molecule has 0 bridgehead atoms. The molecular weight excluding hydrogens is 484 g/mol. The van der Waals surface area contributed by atoms with Crippen LogP contribution in [0.2, 0.25) is 0 Å². The molecular formula is C38H28N2. The molecule has 2 heteroatoms. The molecule has 0 saturated carbocycles. The van der Waals surface area contributed by atoms with Gasteiger partial charge in [0, 0.05) is 23.3 Å². The van der Waals surface area contributed by atoms with Gasteiger partial charge in [-0.05, 0) is 62.9 Å². The molecule has 7 rings (SSSR count). The molecule has 0 fully saturated rings. The standard InChI is InChI=1S/C38H28N2/c1-27-23-24-32-33(28-15-6-2-7-16-28)34(29-17-8-3-9-18-29)35(30-19-10-4-11-20-30)36(31-21-12-5-13-22-31)37(32)38(27)40-26-14-25-39-40/h2-26H,1H3. The first-order valence-electron chi connectivity index (χ1n) is 13.7. The monoisotopic (exact) mass is 512 g/mol. The number of rotatable bonds is 5. The SMILES string of the molecule is Cc1ccc2c(-c3ccccc3)c(-c3ccccc3)c(-c3ccccc3)c(-c3ccccc3)c2c1-n1cccn1. The van der Waals surface area contributed by atoms with E-state index in [1.165, 1.54) is 60.8 Å². The van der Waals surface area contributed by atoms with Crippen molar-refractivity contribution in [1.29, 1.82) is 0 Å². The third-order valence-corrected chi connectivity index (χ3v) is 7.63. The third-order valence-electron chi connectivity index (χ3n) is 7.63. The first-order valence-corrected chi connectivity index (χ1v) is 13.7. The molecule has 0 spiro atoms. The van der Waals surface area contributed by atoms with E-state index >= 15 is 0 Å². The van der Waals surface area contributed by atoms with Crippen molar-refractivity contribution in [3.05, 3.63) is 157 Å². The number of nitrogens with zero attached hydrogens (tertiary/aromatic N) is 2. The average molecular weight is 513 g/mol. The molecule has 1 heterocycles. The Morgan fingerprint density at radius 3 is 1.38 bits per heavy atom. The predicted molar refractivity (Wildman–Crippen MR) is 168 cm³/mol. The van der Waals surface area contributed by atoms with Crippen molar-refractivity contribution in [2.75, 3.05) is 0 Å². The predicted octanol–water partition coefficient (Wildman–Crippen LogP) is 10.0. The molecule has 1 aromatic heterocycles. The van der Waals surface area contributed by atoms with Crippen molar-refractivity contribution in [2.24, 2.45) is 0 Å². The van der Waals surface area contributed by atoms with Gasteiger partial charge in [0.2, 0.25) is 0 Å². The number of aromatic nitrogens is 2. The zero-order valence-electron chi connectivity index (χ0n) is 22.3. The first kappa shape index (κ1) is 23.9. The van der Waals surface area contributed by atoms with E-state index in [1.807, 2.05) is 23.1 Å². The lowest BCUT2D eigenvalue weighted by molar-refractivity contribution is 0.880. The highest BCUT2D eigenvalue weighted by Crippen LogP contribution is 2.52. The Labute approximate surface area is 234 Å². The summed E-state index contributed by atoms with van der Waals surface area (Å²) in [7, 11) is 0. The Balaban J connectivity index is 1.82. The van der Waals surface area contributed by atoms with Crippen LogP contribution in [-0.4, -0.2) is 9.78 Å². The van der Waals surface area contributed by atoms with Gasteiger partial charge in [-0.2, -0.15) is 5.10 Å². The van der Waals surface area contributed by atoms with Crippen LogP contribution in [0.25, 0.3) is 61.0 Å². The van der Waals surface area contributed by atoms with Gasteiger partial charge in [-0.25, -0.2) is 4.68 Å². The molecule has 0 saturated heterocycles. The quantitative estimate of drug-likeness (QED) is 0.224. The van der Waals surface area contributed by atoms with Crippen molar-refractivity contribution in [1.82, 2.24) is 9.78 Å². The second kappa shape index (κ2) is 10.2. The summed E-state index contributed by atoms with van der Waals surface area (Å²) in [4.78, 5) is 0. The highest BCUT2D eigenvalue weighted by molar-refractivity contribution is 6.20. The second-order valence-corrected chi connectivity index (χ2v) is 10.1. The third kappa shape index (κ3) is 4.02. The molecule has 2 nitrogen and oxygen atoms in total. The summed E-state index contributed by atoms with van der Waals surface area (Å²) in [5.74, 6) is 0. The molecule has 0 unspecified atom stereocenters. The number of hydrogen-bond acceptors (Lipinski definition) is 1. The maximum Gasteiger partial charge on any atom is 0.0759 e. The summed E-state index contributed by atoms with van der Waals surface area (Å²) in [5, 5.41) is 7.14. The Hall–Kier alpha value is -5.21. The highest BCUT2D eigenvalue weighted by Gasteiger charge is 2.26. The van der Waals surface area contributed by atoms with Crippen LogP contribution >= 0.6 is 0 Å². The maximum absolute atomic E-state index is 4.73. The fourth-order valence-corrected chi connectivity index (χ4v) is 5.95. The first-order chi connectivity index (χ1) is 19.8. The average Bonchev–Trinajstić information content (AvgIpc) is 3.56. The van der Waals surface area contributed by atoms with Gasteiger partial charge >= 0.3 is 0 Å². The van der Waals surface area contributed by atoms with Gasteiger partial charge in [0.1, 0.15) is 0 Å². The lowest BCUT2D eigenvalue weighted by Crippen LogP contribution is -2.04. The minimum Gasteiger partial charge on any atom is -0.240 e. The van der Waals surface area contributed by atoms with Crippen molar-refractivity contribution in [3.63, 3.8) is 0 Å². The Kier molecular flexibility index (Phi) is 6.07. The molecule has 0 atom stereocenters. The molecule has 0 amide bonds. The van der Waals surface area contributed by atoms with Crippen molar-refractivity contribution < 1.29 is 0 Å². The van der Waals surface area contributed by atoms with E-state index in [0.29, 0.717) is 0 Å². The second-order valence-electron chi connectivity index (χ2n) is 10.1. The van der Waals surface area contributed by atoms with Crippen LogP contribution < -0.4 is 0 Å². The number of aryl methyl sites for hydroxylation is 1. The van der Waals surface area contributed by atoms with Gasteiger partial charge in [-0.15, -0.1) is 0 Å². The van der Waals surface area contributed by atoms with E-state index in [4.69, 9.17) is 5.10 Å². The summed E-state index contributed by atoms with van der Waals surface area (Å²) >= 11 is 0. The summed E-state index contributed by atoms with van der Waals surface area (Å²) in [6, 6.07) is 49.8. The van der Waals surface area contributed by atoms with Gasteiger partial charge in [0.25, 0.3) is 0 Å². The number of fused-ring (bicyclic) bond motifs is 1. The molecule has 0 aliphatic heterocycles. The molecule has 0 aliphatic carbocycles. The summed E-state index contributed by atoms with van der Waals surface area (Å²) in [5.41, 5.74) is 12.0. The van der Waals surface area contributed by atoms with Gasteiger partial charge in [-0.3, -0.25) is 0 Å². The van der Waals surface area contributed by atoms with E-state index in [2.05, 4.69) is 140 Å².